The van der Waals surface area contributed by atoms with Gasteiger partial charge in [-0.1, -0.05) is 15.9 Å². The number of benzene rings is 1. The van der Waals surface area contributed by atoms with Crippen molar-refractivity contribution in [3.05, 3.63) is 36.8 Å². The van der Waals surface area contributed by atoms with E-state index in [1.165, 1.54) is 11.3 Å². The molecule has 0 aliphatic rings. The Morgan fingerprint density at radius 1 is 1.55 bits per heavy atom. The van der Waals surface area contributed by atoms with Crippen LogP contribution in [0.15, 0.2) is 27.1 Å². The van der Waals surface area contributed by atoms with E-state index < -0.39 is 0 Å². The number of rotatable bonds is 5. The maximum atomic E-state index is 5.67. The first-order valence-electron chi connectivity index (χ1n) is 5.93. The maximum absolute atomic E-state index is 5.67. The molecule has 0 saturated heterocycles. The standard InChI is InChI=1S/C13H13BrIN3OS/c1-3-19-12-9(4-10(14)5-11(12)15)6-16-18-13-17-8(2)7-20-13/h4-7H,3H2,1-2H3,(H,17,18). The fourth-order valence-electron chi connectivity index (χ4n) is 1.54. The van der Waals surface area contributed by atoms with Gasteiger partial charge in [-0.05, 0) is 48.6 Å². The van der Waals surface area contributed by atoms with Crippen LogP contribution in [0.2, 0.25) is 0 Å². The first-order chi connectivity index (χ1) is 9.60. The molecule has 1 heterocycles. The second-order valence-corrected chi connectivity index (χ2v) is 6.84. The Balaban J connectivity index is 2.19. The normalized spacial score (nSPS) is 11.0. The highest BCUT2D eigenvalue weighted by atomic mass is 127. The molecule has 2 rings (SSSR count). The minimum absolute atomic E-state index is 0.623. The molecule has 1 N–H and O–H groups in total. The minimum atomic E-state index is 0.623. The molecule has 1 aromatic carbocycles. The molecule has 0 aliphatic heterocycles. The number of aromatic nitrogens is 1. The number of hydrogen-bond acceptors (Lipinski definition) is 5. The SMILES string of the molecule is CCOc1c(I)cc(Br)cc1C=NNc1nc(C)cs1. The van der Waals surface area contributed by atoms with Gasteiger partial charge in [0, 0.05) is 15.4 Å². The summed E-state index contributed by atoms with van der Waals surface area (Å²) >= 11 is 7.27. The van der Waals surface area contributed by atoms with E-state index in [1.54, 1.807) is 6.21 Å². The van der Waals surface area contributed by atoms with Crippen LogP contribution >= 0.6 is 49.9 Å². The zero-order valence-corrected chi connectivity index (χ0v) is 15.5. The third-order valence-electron chi connectivity index (χ3n) is 2.31. The lowest BCUT2D eigenvalue weighted by atomic mass is 10.2. The van der Waals surface area contributed by atoms with E-state index >= 15 is 0 Å². The Morgan fingerprint density at radius 3 is 3.00 bits per heavy atom. The highest BCUT2D eigenvalue weighted by Crippen LogP contribution is 2.29. The average molecular weight is 466 g/mol. The Labute approximate surface area is 143 Å². The molecule has 106 valence electrons. The monoisotopic (exact) mass is 465 g/mol. The summed E-state index contributed by atoms with van der Waals surface area (Å²) in [6.45, 7) is 4.54. The summed E-state index contributed by atoms with van der Waals surface area (Å²) in [5, 5.41) is 6.98. The summed E-state index contributed by atoms with van der Waals surface area (Å²) in [6, 6.07) is 3.99. The fraction of sp³-hybridized carbons (Fsp3) is 0.231. The van der Waals surface area contributed by atoms with Crippen molar-refractivity contribution in [2.24, 2.45) is 5.10 Å². The molecular formula is C13H13BrIN3OS. The number of aryl methyl sites for hydroxylation is 1. The first-order valence-corrected chi connectivity index (χ1v) is 8.68. The number of ether oxygens (including phenoxy) is 1. The van der Waals surface area contributed by atoms with Crippen LogP contribution in [0.1, 0.15) is 18.2 Å². The van der Waals surface area contributed by atoms with Gasteiger partial charge in [-0.3, -0.25) is 5.43 Å². The molecular weight excluding hydrogens is 453 g/mol. The van der Waals surface area contributed by atoms with Crippen molar-refractivity contribution in [3.8, 4) is 5.75 Å². The zero-order valence-electron chi connectivity index (χ0n) is 11.0. The van der Waals surface area contributed by atoms with E-state index in [0.717, 1.165) is 30.2 Å². The highest BCUT2D eigenvalue weighted by molar-refractivity contribution is 14.1. The van der Waals surface area contributed by atoms with Crippen LogP contribution in [0, 0.1) is 10.5 Å². The molecule has 0 radical (unpaired) electrons. The van der Waals surface area contributed by atoms with Gasteiger partial charge >= 0.3 is 0 Å². The lowest BCUT2D eigenvalue weighted by Crippen LogP contribution is -2.00. The van der Waals surface area contributed by atoms with Gasteiger partial charge in [0.15, 0.2) is 0 Å². The summed E-state index contributed by atoms with van der Waals surface area (Å²) in [6.07, 6.45) is 1.74. The molecule has 2 aromatic rings. The summed E-state index contributed by atoms with van der Waals surface area (Å²) in [5.41, 5.74) is 4.83. The second kappa shape index (κ2) is 7.37. The van der Waals surface area contributed by atoms with Crippen LogP contribution in [0.25, 0.3) is 0 Å². The smallest absolute Gasteiger partial charge is 0.203 e. The number of hydrogen-bond donors (Lipinski definition) is 1. The van der Waals surface area contributed by atoms with E-state index in [4.69, 9.17) is 4.74 Å². The van der Waals surface area contributed by atoms with Gasteiger partial charge in [0.1, 0.15) is 5.75 Å². The quantitative estimate of drug-likeness (QED) is 0.396. The lowest BCUT2D eigenvalue weighted by molar-refractivity contribution is 0.337. The third-order valence-corrected chi connectivity index (χ3v) is 4.43. The largest absolute Gasteiger partial charge is 0.492 e. The topological polar surface area (TPSA) is 46.5 Å². The molecule has 4 nitrogen and oxygen atoms in total. The van der Waals surface area contributed by atoms with Gasteiger partial charge in [0.05, 0.1) is 22.1 Å². The first kappa shape index (κ1) is 15.7. The van der Waals surface area contributed by atoms with E-state index in [-0.39, 0.29) is 0 Å². The number of anilines is 1. The van der Waals surface area contributed by atoms with Gasteiger partial charge < -0.3 is 4.74 Å². The molecule has 20 heavy (non-hydrogen) atoms. The van der Waals surface area contributed by atoms with Crippen molar-refractivity contribution in [2.45, 2.75) is 13.8 Å². The van der Waals surface area contributed by atoms with E-state index in [1.807, 2.05) is 31.4 Å². The molecule has 1 aromatic heterocycles. The van der Waals surface area contributed by atoms with Crippen molar-refractivity contribution in [3.63, 3.8) is 0 Å². The van der Waals surface area contributed by atoms with Crippen LogP contribution in [0.5, 0.6) is 5.75 Å². The van der Waals surface area contributed by atoms with Crippen molar-refractivity contribution in [1.29, 1.82) is 0 Å². The summed E-state index contributed by atoms with van der Waals surface area (Å²) < 4.78 is 7.71. The molecule has 0 amide bonds. The van der Waals surface area contributed by atoms with Crippen LogP contribution < -0.4 is 10.2 Å². The number of nitrogens with zero attached hydrogens (tertiary/aromatic N) is 2. The predicted octanol–water partition coefficient (Wildman–Crippen LogP) is 4.66. The van der Waals surface area contributed by atoms with Crippen LogP contribution in [0.4, 0.5) is 5.13 Å². The number of thiazole rings is 1. The summed E-state index contributed by atoms with van der Waals surface area (Å²) in [4.78, 5) is 4.29. The summed E-state index contributed by atoms with van der Waals surface area (Å²) in [5.74, 6) is 0.845. The Bertz CT molecular complexity index is 630. The molecule has 0 atom stereocenters. The second-order valence-electron chi connectivity index (χ2n) is 3.90. The molecule has 0 aliphatic carbocycles. The average Bonchev–Trinajstić information content (AvgIpc) is 2.79. The van der Waals surface area contributed by atoms with Crippen LogP contribution in [0.3, 0.4) is 0 Å². The van der Waals surface area contributed by atoms with Gasteiger partial charge in [0.25, 0.3) is 0 Å². The third kappa shape index (κ3) is 4.16. The van der Waals surface area contributed by atoms with Crippen molar-refractivity contribution < 1.29 is 4.74 Å². The minimum Gasteiger partial charge on any atom is -0.492 e. The summed E-state index contributed by atoms with van der Waals surface area (Å²) in [7, 11) is 0. The van der Waals surface area contributed by atoms with Gasteiger partial charge in [-0.25, -0.2) is 4.98 Å². The number of nitrogens with one attached hydrogen (secondary N) is 1. The molecule has 7 heteroatoms. The van der Waals surface area contributed by atoms with Gasteiger partial charge in [-0.15, -0.1) is 11.3 Å². The van der Waals surface area contributed by atoms with Gasteiger partial charge in [-0.2, -0.15) is 5.10 Å². The van der Waals surface area contributed by atoms with E-state index in [0.29, 0.717) is 6.61 Å². The lowest BCUT2D eigenvalue weighted by Gasteiger charge is -2.09. The molecule has 0 bridgehead atoms. The molecule has 0 saturated carbocycles. The molecule has 0 fully saturated rings. The van der Waals surface area contributed by atoms with E-state index in [9.17, 15) is 0 Å². The van der Waals surface area contributed by atoms with Crippen LogP contribution in [-0.4, -0.2) is 17.8 Å². The Kier molecular flexibility index (Phi) is 5.79. The predicted molar refractivity (Wildman–Crippen MR) is 96.1 cm³/mol. The molecule has 0 spiro atoms. The maximum Gasteiger partial charge on any atom is 0.203 e. The Hall–Kier alpha value is -0.670. The molecule has 0 unspecified atom stereocenters. The number of halogens is 2. The number of hydrazone groups is 1. The van der Waals surface area contributed by atoms with Crippen molar-refractivity contribution in [1.82, 2.24) is 4.98 Å². The zero-order chi connectivity index (χ0) is 14.5. The van der Waals surface area contributed by atoms with Gasteiger partial charge in [0.2, 0.25) is 5.13 Å². The highest BCUT2D eigenvalue weighted by Gasteiger charge is 2.08. The van der Waals surface area contributed by atoms with Crippen molar-refractivity contribution >= 4 is 61.2 Å². The Morgan fingerprint density at radius 2 is 2.35 bits per heavy atom. The van der Waals surface area contributed by atoms with Crippen LogP contribution in [-0.2, 0) is 0 Å². The fourth-order valence-corrected chi connectivity index (χ4v) is 3.88. The van der Waals surface area contributed by atoms with E-state index in [2.05, 4.69) is 54.0 Å². The van der Waals surface area contributed by atoms with Crippen molar-refractivity contribution in [2.75, 3.05) is 12.0 Å².